The molecule has 0 saturated heterocycles. The van der Waals surface area contributed by atoms with Crippen LogP contribution >= 0.6 is 0 Å². The smallest absolute Gasteiger partial charge is 0.287 e. The van der Waals surface area contributed by atoms with Crippen molar-refractivity contribution in [2.24, 2.45) is 5.10 Å². The van der Waals surface area contributed by atoms with Gasteiger partial charge in [-0.25, -0.2) is 5.43 Å². The molecule has 0 aliphatic carbocycles. The van der Waals surface area contributed by atoms with E-state index in [4.69, 9.17) is 14.2 Å². The van der Waals surface area contributed by atoms with Crippen LogP contribution in [0.4, 0.5) is 0 Å². The third-order valence-corrected chi connectivity index (χ3v) is 4.05. The van der Waals surface area contributed by atoms with E-state index in [1.807, 2.05) is 13.0 Å². The summed E-state index contributed by atoms with van der Waals surface area (Å²) in [6.07, 6.45) is 1.46. The Balaban J connectivity index is 1.76. The van der Waals surface area contributed by atoms with Gasteiger partial charge in [0.05, 0.1) is 32.6 Å². The Hall–Kier alpha value is -3.68. The lowest BCUT2D eigenvalue weighted by Crippen LogP contribution is -2.17. The fourth-order valence-electron chi connectivity index (χ4n) is 2.76. The number of phenols is 1. The van der Waals surface area contributed by atoms with Crippen LogP contribution in [0.2, 0.25) is 0 Å². The van der Waals surface area contributed by atoms with Crippen LogP contribution in [0.1, 0.15) is 23.0 Å². The number of amides is 1. The van der Waals surface area contributed by atoms with E-state index in [2.05, 4.69) is 15.5 Å². The van der Waals surface area contributed by atoms with Crippen molar-refractivity contribution in [2.45, 2.75) is 6.92 Å². The van der Waals surface area contributed by atoms with Gasteiger partial charge in [-0.05, 0) is 48.9 Å². The van der Waals surface area contributed by atoms with Crippen molar-refractivity contribution in [3.8, 4) is 23.0 Å². The normalized spacial score (nSPS) is 11.0. The summed E-state index contributed by atoms with van der Waals surface area (Å²) in [6, 6.07) is 10.0. The van der Waals surface area contributed by atoms with Crippen molar-refractivity contribution in [1.29, 1.82) is 0 Å². The van der Waals surface area contributed by atoms with E-state index in [-0.39, 0.29) is 5.75 Å². The fourth-order valence-corrected chi connectivity index (χ4v) is 2.76. The SMILES string of the molecule is CCOc1cc(/C=N/NC(=O)c2cc3c(OC)c(OC)ccc3[nH]2)ccc1O. The zero-order chi connectivity index (χ0) is 20.1. The number of ether oxygens (including phenoxy) is 3. The summed E-state index contributed by atoms with van der Waals surface area (Å²) in [6.45, 7) is 2.25. The molecular formula is C20H21N3O5. The average molecular weight is 383 g/mol. The molecule has 0 unspecified atom stereocenters. The van der Waals surface area contributed by atoms with Crippen LogP contribution in [-0.2, 0) is 0 Å². The van der Waals surface area contributed by atoms with Gasteiger partial charge in [0.2, 0.25) is 0 Å². The van der Waals surface area contributed by atoms with Gasteiger partial charge < -0.3 is 24.3 Å². The van der Waals surface area contributed by atoms with Gasteiger partial charge in [-0.3, -0.25) is 4.79 Å². The molecule has 1 amide bonds. The molecular weight excluding hydrogens is 362 g/mol. The molecule has 3 aromatic rings. The first-order valence-corrected chi connectivity index (χ1v) is 8.60. The molecule has 146 valence electrons. The van der Waals surface area contributed by atoms with Crippen LogP contribution in [0.5, 0.6) is 23.0 Å². The number of carbonyl (C=O) groups excluding carboxylic acids is 1. The molecule has 0 radical (unpaired) electrons. The van der Waals surface area contributed by atoms with Crippen molar-refractivity contribution >= 4 is 23.0 Å². The molecule has 0 atom stereocenters. The molecule has 0 aliphatic rings. The maximum absolute atomic E-state index is 12.4. The minimum Gasteiger partial charge on any atom is -0.504 e. The Kier molecular flexibility index (Phi) is 5.69. The van der Waals surface area contributed by atoms with Gasteiger partial charge in [-0.2, -0.15) is 5.10 Å². The lowest BCUT2D eigenvalue weighted by molar-refractivity contribution is 0.0951. The molecule has 0 saturated carbocycles. The largest absolute Gasteiger partial charge is 0.504 e. The van der Waals surface area contributed by atoms with E-state index in [0.717, 1.165) is 10.9 Å². The molecule has 0 spiro atoms. The Labute approximate surface area is 161 Å². The molecule has 0 bridgehead atoms. The van der Waals surface area contributed by atoms with Crippen molar-refractivity contribution in [3.63, 3.8) is 0 Å². The highest BCUT2D eigenvalue weighted by Crippen LogP contribution is 2.35. The molecule has 3 rings (SSSR count). The van der Waals surface area contributed by atoms with Crippen molar-refractivity contribution in [2.75, 3.05) is 20.8 Å². The number of benzene rings is 2. The Morgan fingerprint density at radius 3 is 2.71 bits per heavy atom. The fraction of sp³-hybridized carbons (Fsp3) is 0.200. The zero-order valence-electron chi connectivity index (χ0n) is 15.8. The average Bonchev–Trinajstić information content (AvgIpc) is 3.14. The number of nitrogens with zero attached hydrogens (tertiary/aromatic N) is 1. The number of aromatic hydroxyl groups is 1. The summed E-state index contributed by atoms with van der Waals surface area (Å²) in [5, 5.41) is 14.4. The van der Waals surface area contributed by atoms with Gasteiger partial charge in [-0.15, -0.1) is 0 Å². The van der Waals surface area contributed by atoms with Crippen LogP contribution in [-0.4, -0.2) is 43.0 Å². The number of hydrogen-bond acceptors (Lipinski definition) is 6. The zero-order valence-corrected chi connectivity index (χ0v) is 15.8. The number of aromatic nitrogens is 1. The highest BCUT2D eigenvalue weighted by molar-refractivity contribution is 6.00. The lowest BCUT2D eigenvalue weighted by Gasteiger charge is -2.07. The summed E-state index contributed by atoms with van der Waals surface area (Å²) in [4.78, 5) is 15.4. The maximum Gasteiger partial charge on any atom is 0.287 e. The number of carbonyl (C=O) groups is 1. The molecule has 1 aromatic heterocycles. The minimum atomic E-state index is -0.405. The van der Waals surface area contributed by atoms with Gasteiger partial charge in [0.25, 0.3) is 5.91 Å². The van der Waals surface area contributed by atoms with E-state index in [0.29, 0.717) is 35.1 Å². The number of fused-ring (bicyclic) bond motifs is 1. The number of hydrogen-bond donors (Lipinski definition) is 3. The maximum atomic E-state index is 12.4. The predicted octanol–water partition coefficient (Wildman–Crippen LogP) is 3.05. The Bertz CT molecular complexity index is 1030. The van der Waals surface area contributed by atoms with Crippen LogP contribution in [0.25, 0.3) is 10.9 Å². The third-order valence-electron chi connectivity index (χ3n) is 4.05. The van der Waals surface area contributed by atoms with Gasteiger partial charge in [0.1, 0.15) is 5.69 Å². The molecule has 1 heterocycles. The quantitative estimate of drug-likeness (QED) is 0.430. The first-order valence-electron chi connectivity index (χ1n) is 8.60. The topological polar surface area (TPSA) is 105 Å². The van der Waals surface area contributed by atoms with E-state index in [9.17, 15) is 9.90 Å². The second-order valence-electron chi connectivity index (χ2n) is 5.80. The van der Waals surface area contributed by atoms with Gasteiger partial charge >= 0.3 is 0 Å². The number of H-pyrrole nitrogens is 1. The summed E-state index contributed by atoms with van der Waals surface area (Å²) < 4.78 is 16.0. The second-order valence-corrected chi connectivity index (χ2v) is 5.80. The van der Waals surface area contributed by atoms with E-state index in [1.165, 1.54) is 12.3 Å². The molecule has 28 heavy (non-hydrogen) atoms. The summed E-state index contributed by atoms with van der Waals surface area (Å²) >= 11 is 0. The molecule has 2 aromatic carbocycles. The third kappa shape index (κ3) is 3.85. The Morgan fingerprint density at radius 1 is 1.18 bits per heavy atom. The van der Waals surface area contributed by atoms with E-state index >= 15 is 0 Å². The highest BCUT2D eigenvalue weighted by Gasteiger charge is 2.15. The number of methoxy groups -OCH3 is 2. The summed E-state index contributed by atoms with van der Waals surface area (Å²) in [5.41, 5.74) is 4.21. The van der Waals surface area contributed by atoms with Crippen LogP contribution in [0, 0.1) is 0 Å². The standard InChI is InChI=1S/C20H21N3O5/c1-4-28-18-9-12(5-7-16(18)24)11-21-23-20(25)15-10-13-14(22-15)6-8-17(26-2)19(13)27-3/h5-11,22,24H,4H2,1-3H3,(H,23,25)/b21-11+. The van der Waals surface area contributed by atoms with Crippen molar-refractivity contribution < 1.29 is 24.1 Å². The van der Waals surface area contributed by atoms with Crippen LogP contribution in [0.15, 0.2) is 41.5 Å². The van der Waals surface area contributed by atoms with Crippen LogP contribution in [0.3, 0.4) is 0 Å². The first-order chi connectivity index (χ1) is 13.6. The van der Waals surface area contributed by atoms with Crippen LogP contribution < -0.4 is 19.6 Å². The number of rotatable bonds is 7. The molecule has 0 fully saturated rings. The second kappa shape index (κ2) is 8.34. The lowest BCUT2D eigenvalue weighted by atomic mass is 10.2. The van der Waals surface area contributed by atoms with Gasteiger partial charge in [0.15, 0.2) is 23.0 Å². The van der Waals surface area contributed by atoms with E-state index in [1.54, 1.807) is 38.5 Å². The minimum absolute atomic E-state index is 0.0467. The van der Waals surface area contributed by atoms with Crippen molar-refractivity contribution in [3.05, 3.63) is 47.7 Å². The predicted molar refractivity (Wildman–Crippen MR) is 106 cm³/mol. The number of phenolic OH excluding ortho intramolecular Hbond substituents is 1. The van der Waals surface area contributed by atoms with Gasteiger partial charge in [0, 0.05) is 5.39 Å². The summed E-state index contributed by atoms with van der Waals surface area (Å²) in [5.74, 6) is 1.12. The van der Waals surface area contributed by atoms with Gasteiger partial charge in [-0.1, -0.05) is 0 Å². The number of hydrazone groups is 1. The van der Waals surface area contributed by atoms with Crippen molar-refractivity contribution in [1.82, 2.24) is 10.4 Å². The van der Waals surface area contributed by atoms with E-state index < -0.39 is 5.91 Å². The summed E-state index contributed by atoms with van der Waals surface area (Å²) in [7, 11) is 3.10. The number of aromatic amines is 1. The number of nitrogens with one attached hydrogen (secondary N) is 2. The molecule has 3 N–H and O–H groups in total. The molecule has 8 heteroatoms. The first kappa shape index (κ1) is 19.1. The highest BCUT2D eigenvalue weighted by atomic mass is 16.5. The molecule has 8 nitrogen and oxygen atoms in total. The monoisotopic (exact) mass is 383 g/mol. The molecule has 0 aliphatic heterocycles. The Morgan fingerprint density at radius 2 is 2.00 bits per heavy atom.